The third-order valence-electron chi connectivity index (χ3n) is 4.16. The molecule has 10 heteroatoms. The first-order chi connectivity index (χ1) is 14.7. The Labute approximate surface area is 179 Å². The van der Waals surface area contributed by atoms with Crippen molar-refractivity contribution in [1.29, 1.82) is 0 Å². The van der Waals surface area contributed by atoms with Gasteiger partial charge in [0.25, 0.3) is 11.6 Å². The molecule has 0 radical (unpaired) electrons. The minimum absolute atomic E-state index is 0.103. The van der Waals surface area contributed by atoms with Crippen LogP contribution in [0, 0.1) is 6.92 Å². The number of primary amides is 1. The molecule has 0 saturated carbocycles. The molecule has 31 heavy (non-hydrogen) atoms. The van der Waals surface area contributed by atoms with E-state index in [2.05, 4.69) is 9.97 Å². The minimum Gasteiger partial charge on any atom is -0.462 e. The van der Waals surface area contributed by atoms with Gasteiger partial charge in [0, 0.05) is 22.9 Å². The molecule has 3 aromatic rings. The summed E-state index contributed by atoms with van der Waals surface area (Å²) < 4.78 is 37.6. The van der Waals surface area contributed by atoms with Gasteiger partial charge in [-0.05, 0) is 55.5 Å². The van der Waals surface area contributed by atoms with E-state index in [0.717, 1.165) is 0 Å². The normalized spacial score (nSPS) is 12.3. The molecule has 0 spiro atoms. The quantitative estimate of drug-likeness (QED) is 0.513. The third-order valence-corrected chi connectivity index (χ3v) is 4.50. The van der Waals surface area contributed by atoms with Crippen LogP contribution in [0.1, 0.15) is 11.3 Å². The molecule has 1 amide bonds. The summed E-state index contributed by atoms with van der Waals surface area (Å²) in [5.41, 5.74) is 3.29. The summed E-state index contributed by atoms with van der Waals surface area (Å²) in [6.45, 7) is 1.16. The van der Waals surface area contributed by atoms with Crippen LogP contribution in [-0.2, 0) is 10.5 Å². The number of aliphatic hydroxyl groups excluding tert-OH is 1. The Bertz CT molecular complexity index is 1060. The number of hydrogen-bond donors (Lipinski definition) is 2. The number of carbonyl (C=O) groups is 1. The summed E-state index contributed by atoms with van der Waals surface area (Å²) in [5, 5.41) is 9.20. The van der Waals surface area contributed by atoms with Crippen LogP contribution in [0.4, 0.5) is 8.78 Å². The zero-order valence-corrected chi connectivity index (χ0v) is 17.6. The third kappa shape index (κ3) is 5.93. The standard InChI is InChI=1S/C21H20F2N3O4P/c1-12-10-18(30-17(11-27)19(24)28)26-20(25-12)13-2-6-15(7-3-13)29-16-8-4-14(5-9-16)21(22,23)31/h2-10,17,27H,11,31H2,1H3,(H2,24,28). The number of halogens is 2. The number of aromatic nitrogens is 2. The Kier molecular flexibility index (Phi) is 6.77. The van der Waals surface area contributed by atoms with Crippen molar-refractivity contribution in [3.63, 3.8) is 0 Å². The first kappa shape index (κ1) is 22.5. The highest BCUT2D eigenvalue weighted by atomic mass is 31.0. The maximum atomic E-state index is 13.3. The number of carbonyl (C=O) groups excluding carboxylic acids is 1. The molecule has 2 unspecified atom stereocenters. The summed E-state index contributed by atoms with van der Waals surface area (Å²) in [6.07, 6.45) is -1.21. The monoisotopic (exact) mass is 447 g/mol. The molecule has 0 fully saturated rings. The highest BCUT2D eigenvalue weighted by molar-refractivity contribution is 7.17. The Balaban J connectivity index is 1.76. The van der Waals surface area contributed by atoms with Gasteiger partial charge in [-0.25, -0.2) is 4.98 Å². The number of benzene rings is 2. The zero-order chi connectivity index (χ0) is 22.6. The van der Waals surface area contributed by atoms with Crippen molar-refractivity contribution in [3.05, 3.63) is 65.9 Å². The molecule has 2 aromatic carbocycles. The van der Waals surface area contributed by atoms with Gasteiger partial charge in [-0.2, -0.15) is 13.8 Å². The molecular weight excluding hydrogens is 427 g/mol. The molecule has 0 aliphatic rings. The maximum Gasteiger partial charge on any atom is 0.283 e. The predicted molar refractivity (Wildman–Crippen MR) is 113 cm³/mol. The number of aryl methyl sites for hydroxylation is 1. The van der Waals surface area contributed by atoms with Crippen molar-refractivity contribution in [1.82, 2.24) is 9.97 Å². The summed E-state index contributed by atoms with van der Waals surface area (Å²) >= 11 is 0. The lowest BCUT2D eigenvalue weighted by atomic mass is 10.2. The second-order valence-electron chi connectivity index (χ2n) is 6.64. The van der Waals surface area contributed by atoms with E-state index in [9.17, 15) is 18.7 Å². The number of hydrogen-bond acceptors (Lipinski definition) is 6. The van der Waals surface area contributed by atoms with E-state index in [1.54, 1.807) is 31.2 Å². The molecule has 0 saturated heterocycles. The van der Waals surface area contributed by atoms with Gasteiger partial charge in [-0.3, -0.25) is 4.79 Å². The van der Waals surface area contributed by atoms with Crippen LogP contribution in [0.25, 0.3) is 11.4 Å². The number of alkyl halides is 2. The SMILES string of the molecule is Cc1cc(OC(CO)C(N)=O)nc(-c2ccc(Oc3ccc(C(F)(F)P)cc3)cc2)n1. The number of aliphatic hydroxyl groups is 1. The Hall–Kier alpha value is -3.16. The first-order valence-corrected chi connectivity index (χ1v) is 9.71. The first-order valence-electron chi connectivity index (χ1n) is 9.14. The van der Waals surface area contributed by atoms with Crippen molar-refractivity contribution >= 4 is 15.1 Å². The van der Waals surface area contributed by atoms with E-state index < -0.39 is 24.3 Å². The molecule has 0 aliphatic carbocycles. The van der Waals surface area contributed by atoms with Crippen LogP contribution in [0.3, 0.4) is 0 Å². The molecule has 3 rings (SSSR count). The second kappa shape index (κ2) is 9.32. The van der Waals surface area contributed by atoms with E-state index in [4.69, 9.17) is 15.2 Å². The predicted octanol–water partition coefficient (Wildman–Crippen LogP) is 3.39. The van der Waals surface area contributed by atoms with Crippen molar-refractivity contribution in [3.8, 4) is 28.8 Å². The number of rotatable bonds is 8. The summed E-state index contributed by atoms with van der Waals surface area (Å²) in [6, 6.07) is 13.8. The van der Waals surface area contributed by atoms with Gasteiger partial charge in [-0.15, -0.1) is 0 Å². The van der Waals surface area contributed by atoms with Gasteiger partial charge in [-0.1, -0.05) is 9.24 Å². The van der Waals surface area contributed by atoms with E-state index in [1.807, 2.05) is 0 Å². The average molecular weight is 447 g/mol. The van der Waals surface area contributed by atoms with Crippen molar-refractivity contribution in [2.24, 2.45) is 5.73 Å². The van der Waals surface area contributed by atoms with Crippen LogP contribution >= 0.6 is 9.24 Å². The molecule has 162 valence electrons. The topological polar surface area (TPSA) is 108 Å². The van der Waals surface area contributed by atoms with Crippen LogP contribution < -0.4 is 15.2 Å². The van der Waals surface area contributed by atoms with Crippen LogP contribution in [0.15, 0.2) is 54.6 Å². The lowest BCUT2D eigenvalue weighted by molar-refractivity contribution is -0.126. The van der Waals surface area contributed by atoms with E-state index in [1.165, 1.54) is 39.6 Å². The largest absolute Gasteiger partial charge is 0.462 e. The summed E-state index contributed by atoms with van der Waals surface area (Å²) in [7, 11) is 1.49. The maximum absolute atomic E-state index is 13.3. The van der Waals surface area contributed by atoms with Gasteiger partial charge in [0.2, 0.25) is 12.0 Å². The lowest BCUT2D eigenvalue weighted by Gasteiger charge is -2.14. The number of amides is 1. The minimum atomic E-state index is -2.99. The molecule has 1 heterocycles. The molecular formula is C21H20F2N3O4P. The number of nitrogens with two attached hydrogens (primary N) is 1. The van der Waals surface area contributed by atoms with Crippen LogP contribution in [0.2, 0.25) is 0 Å². The lowest BCUT2D eigenvalue weighted by Crippen LogP contribution is -2.37. The van der Waals surface area contributed by atoms with Gasteiger partial charge >= 0.3 is 0 Å². The summed E-state index contributed by atoms with van der Waals surface area (Å²) in [5.74, 6) is 0.541. The van der Waals surface area contributed by atoms with Crippen molar-refractivity contribution in [2.75, 3.05) is 6.61 Å². The summed E-state index contributed by atoms with van der Waals surface area (Å²) in [4.78, 5) is 19.9. The number of nitrogens with zero attached hydrogens (tertiary/aromatic N) is 2. The fourth-order valence-corrected chi connectivity index (χ4v) is 2.81. The second-order valence-corrected chi connectivity index (χ2v) is 7.36. The van der Waals surface area contributed by atoms with Crippen LogP contribution in [-0.4, -0.2) is 33.7 Å². The van der Waals surface area contributed by atoms with Gasteiger partial charge < -0.3 is 20.3 Å². The fourth-order valence-electron chi connectivity index (χ4n) is 2.61. The molecule has 2 atom stereocenters. The Morgan fingerprint density at radius 1 is 1.13 bits per heavy atom. The van der Waals surface area contributed by atoms with E-state index in [-0.39, 0.29) is 11.4 Å². The fraction of sp³-hybridized carbons (Fsp3) is 0.190. The Morgan fingerprint density at radius 3 is 2.23 bits per heavy atom. The average Bonchev–Trinajstić information content (AvgIpc) is 2.71. The number of ether oxygens (including phenoxy) is 2. The van der Waals surface area contributed by atoms with Gasteiger partial charge in [0.05, 0.1) is 6.61 Å². The van der Waals surface area contributed by atoms with Crippen molar-refractivity contribution < 1.29 is 28.2 Å². The molecule has 0 bridgehead atoms. The molecule has 0 aliphatic heterocycles. The highest BCUT2D eigenvalue weighted by Crippen LogP contribution is 2.36. The molecule has 3 N–H and O–H groups in total. The van der Waals surface area contributed by atoms with Crippen molar-refractivity contribution in [2.45, 2.75) is 18.7 Å². The zero-order valence-electron chi connectivity index (χ0n) is 16.5. The van der Waals surface area contributed by atoms with E-state index in [0.29, 0.717) is 28.6 Å². The molecule has 7 nitrogen and oxygen atoms in total. The van der Waals surface area contributed by atoms with Gasteiger partial charge in [0.15, 0.2) is 5.82 Å². The van der Waals surface area contributed by atoms with Gasteiger partial charge in [0.1, 0.15) is 11.5 Å². The smallest absolute Gasteiger partial charge is 0.283 e. The Morgan fingerprint density at radius 2 is 1.71 bits per heavy atom. The highest BCUT2D eigenvalue weighted by Gasteiger charge is 2.24. The van der Waals surface area contributed by atoms with E-state index >= 15 is 0 Å². The molecule has 1 aromatic heterocycles. The van der Waals surface area contributed by atoms with Crippen LogP contribution in [0.5, 0.6) is 17.4 Å².